The van der Waals surface area contributed by atoms with E-state index in [-0.39, 0.29) is 22.8 Å². The van der Waals surface area contributed by atoms with Crippen LogP contribution in [-0.4, -0.2) is 19.9 Å². The van der Waals surface area contributed by atoms with Crippen molar-refractivity contribution in [2.45, 2.75) is 0 Å². The van der Waals surface area contributed by atoms with Crippen molar-refractivity contribution in [2.24, 2.45) is 0 Å². The van der Waals surface area contributed by atoms with Crippen LogP contribution < -0.4 is 0 Å². The first-order valence-corrected chi connectivity index (χ1v) is 13.6. The van der Waals surface area contributed by atoms with Gasteiger partial charge in [0, 0.05) is 33.0 Å². The molecule has 206 valence electrons. The first-order chi connectivity index (χ1) is 22.1. The van der Waals surface area contributed by atoms with Gasteiger partial charge in [-0.1, -0.05) is 72.8 Å². The van der Waals surface area contributed by atoms with Crippen molar-refractivity contribution in [3.8, 4) is 69.3 Å². The highest BCUT2D eigenvalue weighted by Gasteiger charge is 2.20. The molecular formula is C36H16N8O. The van der Waals surface area contributed by atoms with Crippen molar-refractivity contribution in [3.63, 3.8) is 0 Å². The van der Waals surface area contributed by atoms with E-state index in [9.17, 15) is 21.0 Å². The van der Waals surface area contributed by atoms with Crippen LogP contribution in [0.1, 0.15) is 22.8 Å². The van der Waals surface area contributed by atoms with Crippen molar-refractivity contribution in [1.82, 2.24) is 19.9 Å². The fourth-order valence-corrected chi connectivity index (χ4v) is 5.25. The molecule has 7 aromatic rings. The Hall–Kier alpha value is -7.20. The number of furan rings is 1. The first kappa shape index (κ1) is 26.7. The Balaban J connectivity index is 1.40. The lowest BCUT2D eigenvalue weighted by atomic mass is 10.0. The van der Waals surface area contributed by atoms with Crippen molar-refractivity contribution in [3.05, 3.63) is 120 Å². The van der Waals surface area contributed by atoms with Gasteiger partial charge in [-0.2, -0.15) is 21.0 Å². The average molecular weight is 577 g/mol. The second kappa shape index (κ2) is 10.9. The van der Waals surface area contributed by atoms with Crippen molar-refractivity contribution in [1.29, 1.82) is 21.0 Å². The lowest BCUT2D eigenvalue weighted by molar-refractivity contribution is 0.669. The van der Waals surface area contributed by atoms with Gasteiger partial charge in [-0.15, -0.1) is 0 Å². The van der Waals surface area contributed by atoms with Crippen LogP contribution in [0.5, 0.6) is 0 Å². The molecule has 0 aliphatic rings. The Morgan fingerprint density at radius 3 is 1.07 bits per heavy atom. The van der Waals surface area contributed by atoms with E-state index in [1.54, 1.807) is 0 Å². The van der Waals surface area contributed by atoms with Gasteiger partial charge in [0.1, 0.15) is 35.4 Å². The summed E-state index contributed by atoms with van der Waals surface area (Å²) in [7, 11) is 0. The van der Waals surface area contributed by atoms with E-state index in [0.29, 0.717) is 45.1 Å². The molecule has 0 spiro atoms. The fraction of sp³-hybridized carbons (Fsp3) is 0. The van der Waals surface area contributed by atoms with Gasteiger partial charge in [-0.05, 0) is 24.3 Å². The van der Waals surface area contributed by atoms with Crippen LogP contribution >= 0.6 is 0 Å². The van der Waals surface area contributed by atoms with E-state index >= 15 is 0 Å². The predicted octanol–water partition coefficient (Wildman–Crippen LogP) is 7.32. The Morgan fingerprint density at radius 1 is 0.400 bits per heavy atom. The Kier molecular flexibility index (Phi) is 6.46. The van der Waals surface area contributed by atoms with E-state index in [1.807, 2.05) is 121 Å². The number of nitrogens with zero attached hydrogens (tertiary/aromatic N) is 8. The zero-order valence-electron chi connectivity index (χ0n) is 23.2. The maximum absolute atomic E-state index is 9.66. The minimum absolute atomic E-state index is 0.0437. The van der Waals surface area contributed by atoms with Gasteiger partial charge in [0.25, 0.3) is 0 Å². The van der Waals surface area contributed by atoms with E-state index < -0.39 is 0 Å². The summed E-state index contributed by atoms with van der Waals surface area (Å²) in [5.74, 6) is 0. The highest BCUT2D eigenvalue weighted by Crippen LogP contribution is 2.38. The molecule has 0 atom stereocenters. The van der Waals surface area contributed by atoms with Gasteiger partial charge in [0.05, 0.1) is 22.8 Å². The molecule has 7 rings (SSSR count). The third-order valence-corrected chi connectivity index (χ3v) is 7.33. The Bertz CT molecular complexity index is 2300. The summed E-state index contributed by atoms with van der Waals surface area (Å²) in [6, 6.07) is 37.9. The summed E-state index contributed by atoms with van der Waals surface area (Å²) < 4.78 is 6.34. The molecule has 0 fully saturated rings. The van der Waals surface area contributed by atoms with Crippen LogP contribution in [-0.2, 0) is 0 Å². The van der Waals surface area contributed by atoms with Crippen molar-refractivity contribution >= 4 is 21.9 Å². The van der Waals surface area contributed by atoms with Crippen molar-refractivity contribution < 1.29 is 4.42 Å². The lowest BCUT2D eigenvalue weighted by Crippen LogP contribution is -2.01. The van der Waals surface area contributed by atoms with Crippen LogP contribution in [0.2, 0.25) is 0 Å². The van der Waals surface area contributed by atoms with E-state index in [2.05, 4.69) is 19.9 Å². The number of hydrogen-bond donors (Lipinski definition) is 0. The number of fused-ring (bicyclic) bond motifs is 3. The summed E-state index contributed by atoms with van der Waals surface area (Å²) >= 11 is 0. The third-order valence-electron chi connectivity index (χ3n) is 7.33. The highest BCUT2D eigenvalue weighted by atomic mass is 16.3. The van der Waals surface area contributed by atoms with Gasteiger partial charge >= 0.3 is 0 Å². The van der Waals surface area contributed by atoms with E-state index in [1.165, 1.54) is 0 Å². The molecule has 0 saturated heterocycles. The molecular weight excluding hydrogens is 560 g/mol. The number of rotatable bonds is 4. The molecule has 0 unspecified atom stereocenters. The number of nitriles is 4. The lowest BCUT2D eigenvalue weighted by Gasteiger charge is -2.10. The number of benzene rings is 4. The normalized spacial score (nSPS) is 10.6. The smallest absolute Gasteiger partial charge is 0.177 e. The van der Waals surface area contributed by atoms with Gasteiger partial charge < -0.3 is 4.42 Å². The molecule has 3 heterocycles. The molecule has 45 heavy (non-hydrogen) atoms. The molecule has 9 heteroatoms. The monoisotopic (exact) mass is 576 g/mol. The van der Waals surface area contributed by atoms with Crippen LogP contribution in [0.15, 0.2) is 101 Å². The second-order valence-corrected chi connectivity index (χ2v) is 9.94. The molecule has 0 N–H and O–H groups in total. The molecule has 4 aromatic carbocycles. The molecule has 3 aromatic heterocycles. The van der Waals surface area contributed by atoms with Crippen molar-refractivity contribution in [2.75, 3.05) is 0 Å². The van der Waals surface area contributed by atoms with E-state index in [0.717, 1.165) is 21.9 Å². The maximum Gasteiger partial charge on any atom is 0.177 e. The van der Waals surface area contributed by atoms with Gasteiger partial charge in [-0.3, -0.25) is 0 Å². The maximum atomic E-state index is 9.66. The molecule has 0 saturated carbocycles. The first-order valence-electron chi connectivity index (χ1n) is 13.6. The predicted molar refractivity (Wildman–Crippen MR) is 166 cm³/mol. The molecule has 0 aliphatic heterocycles. The fourth-order valence-electron chi connectivity index (χ4n) is 5.25. The van der Waals surface area contributed by atoms with Crippen LogP contribution in [0.4, 0.5) is 0 Å². The average Bonchev–Trinajstić information content (AvgIpc) is 3.48. The van der Waals surface area contributed by atoms with Crippen LogP contribution in [0.25, 0.3) is 67.0 Å². The molecule has 0 aliphatic carbocycles. The minimum atomic E-state index is -0.0592. The summed E-state index contributed by atoms with van der Waals surface area (Å²) in [6.07, 6.45) is 0. The van der Waals surface area contributed by atoms with Crippen LogP contribution in [0.3, 0.4) is 0 Å². The van der Waals surface area contributed by atoms with Crippen LogP contribution in [0, 0.1) is 45.3 Å². The molecule has 0 amide bonds. The zero-order chi connectivity index (χ0) is 30.9. The van der Waals surface area contributed by atoms with E-state index in [4.69, 9.17) is 4.42 Å². The standard InChI is InChI=1S/C36H16N8O/c37-17-27-29(19-39)43-35(33(41-27)21-7-3-1-4-8-21)23-11-13-25-26-14-12-24(16-32(26)45-31(25)15-23)36-34(22-9-5-2-6-10-22)42-28(18-38)30(20-40)44-36/h1-16H. The molecule has 0 bridgehead atoms. The number of hydrogen-bond acceptors (Lipinski definition) is 9. The quantitative estimate of drug-likeness (QED) is 0.209. The molecule has 0 radical (unpaired) electrons. The molecule has 9 nitrogen and oxygen atoms in total. The summed E-state index contributed by atoms with van der Waals surface area (Å²) in [4.78, 5) is 18.1. The third kappa shape index (κ3) is 4.57. The number of aromatic nitrogens is 4. The topological polar surface area (TPSA) is 160 Å². The summed E-state index contributed by atoms with van der Waals surface area (Å²) in [5, 5.41) is 40.2. The van der Waals surface area contributed by atoms with Gasteiger partial charge in [-0.25, -0.2) is 19.9 Å². The largest absolute Gasteiger partial charge is 0.456 e. The second-order valence-electron chi connectivity index (χ2n) is 9.94. The minimum Gasteiger partial charge on any atom is -0.456 e. The van der Waals surface area contributed by atoms with Gasteiger partial charge in [0.2, 0.25) is 0 Å². The van der Waals surface area contributed by atoms with Gasteiger partial charge in [0.15, 0.2) is 22.8 Å². The summed E-state index contributed by atoms with van der Waals surface area (Å²) in [5.41, 5.74) is 5.64. The summed E-state index contributed by atoms with van der Waals surface area (Å²) in [6.45, 7) is 0. The zero-order valence-corrected chi connectivity index (χ0v) is 23.2. The highest BCUT2D eigenvalue weighted by molar-refractivity contribution is 6.07. The Morgan fingerprint density at radius 2 is 0.733 bits per heavy atom. The Labute approximate surface area is 256 Å². The SMILES string of the molecule is N#Cc1nc(-c2ccccc2)c(-c2ccc3c(c2)oc2cc(-c4nc(C#N)c(C#N)nc4-c4ccccc4)ccc23)nc1C#N.